The highest BCUT2D eigenvalue weighted by molar-refractivity contribution is 6.17. The minimum absolute atomic E-state index is 0.111. The van der Waals surface area contributed by atoms with Gasteiger partial charge in [0.15, 0.2) is 0 Å². The van der Waals surface area contributed by atoms with Crippen LogP contribution in [0.1, 0.15) is 13.8 Å². The summed E-state index contributed by atoms with van der Waals surface area (Å²) in [6.45, 7) is 3.20. The first kappa shape index (κ1) is 8.68. The van der Waals surface area contributed by atoms with Crippen LogP contribution >= 0.6 is 0 Å². The van der Waals surface area contributed by atoms with Gasteiger partial charge in [-0.15, -0.1) is 0 Å². The van der Waals surface area contributed by atoms with Crippen LogP contribution in [0.15, 0.2) is 11.1 Å². The molecule has 10 heavy (non-hydrogen) atoms. The largest absolute Gasteiger partial charge is 0.365 e. The highest BCUT2D eigenvalue weighted by atomic mass is 16.2. The fraction of sp³-hybridized carbons (Fsp3) is 0.333. The van der Waals surface area contributed by atoms with E-state index in [9.17, 15) is 9.59 Å². The predicted octanol–water partition coefficient (Wildman–Crippen LogP) is -0.707. The zero-order chi connectivity index (χ0) is 8.31. The summed E-state index contributed by atoms with van der Waals surface area (Å²) in [6, 6.07) is 0. The van der Waals surface area contributed by atoms with E-state index in [4.69, 9.17) is 11.5 Å². The molecule has 4 nitrogen and oxygen atoms in total. The van der Waals surface area contributed by atoms with Crippen molar-refractivity contribution in [2.24, 2.45) is 11.5 Å². The van der Waals surface area contributed by atoms with Crippen molar-refractivity contribution in [3.8, 4) is 0 Å². The zero-order valence-electron chi connectivity index (χ0n) is 5.97. The smallest absolute Gasteiger partial charge is 0.254 e. The van der Waals surface area contributed by atoms with E-state index in [1.807, 2.05) is 0 Å². The Hall–Kier alpha value is -1.32. The quantitative estimate of drug-likeness (QED) is 0.303. The SMILES string of the molecule is CC(C)=C(C(N)=O)C(N)=O. The minimum atomic E-state index is -0.771. The molecule has 0 radical (unpaired) electrons. The molecule has 0 aliphatic carbocycles. The molecule has 0 saturated carbocycles. The molecule has 0 rings (SSSR count). The molecule has 0 bridgehead atoms. The molecule has 2 amide bonds. The molecular formula is C6H10N2O2. The summed E-state index contributed by atoms with van der Waals surface area (Å²) in [5.74, 6) is -1.54. The lowest BCUT2D eigenvalue weighted by Crippen LogP contribution is -2.26. The summed E-state index contributed by atoms with van der Waals surface area (Å²) in [7, 11) is 0. The molecule has 0 aromatic carbocycles. The second-order valence-corrected chi connectivity index (χ2v) is 2.10. The molecule has 0 atom stereocenters. The molecule has 0 aromatic rings. The van der Waals surface area contributed by atoms with Crippen molar-refractivity contribution in [1.82, 2.24) is 0 Å². The summed E-state index contributed by atoms with van der Waals surface area (Å²) >= 11 is 0. The van der Waals surface area contributed by atoms with Crippen molar-refractivity contribution in [2.45, 2.75) is 13.8 Å². The van der Waals surface area contributed by atoms with E-state index >= 15 is 0 Å². The van der Waals surface area contributed by atoms with Crippen LogP contribution in [0.5, 0.6) is 0 Å². The molecule has 0 aliphatic heterocycles. The van der Waals surface area contributed by atoms with Crippen LogP contribution < -0.4 is 11.5 Å². The number of hydrogen-bond acceptors (Lipinski definition) is 2. The van der Waals surface area contributed by atoms with Crippen molar-refractivity contribution in [3.63, 3.8) is 0 Å². The van der Waals surface area contributed by atoms with Gasteiger partial charge in [0.1, 0.15) is 5.57 Å². The third kappa shape index (κ3) is 1.89. The van der Waals surface area contributed by atoms with E-state index in [1.54, 1.807) is 13.8 Å². The van der Waals surface area contributed by atoms with Crippen LogP contribution in [0.25, 0.3) is 0 Å². The Bertz CT molecular complexity index is 186. The van der Waals surface area contributed by atoms with Gasteiger partial charge in [0.25, 0.3) is 11.8 Å². The van der Waals surface area contributed by atoms with Crippen LogP contribution in [0.3, 0.4) is 0 Å². The predicted molar refractivity (Wildman–Crippen MR) is 36.8 cm³/mol. The van der Waals surface area contributed by atoms with Gasteiger partial charge >= 0.3 is 0 Å². The third-order valence-electron chi connectivity index (χ3n) is 0.993. The van der Waals surface area contributed by atoms with Crippen molar-refractivity contribution < 1.29 is 9.59 Å². The Morgan fingerprint density at radius 3 is 1.30 bits per heavy atom. The molecule has 0 saturated heterocycles. The fourth-order valence-electron chi connectivity index (χ4n) is 0.614. The molecule has 0 heterocycles. The second-order valence-electron chi connectivity index (χ2n) is 2.10. The van der Waals surface area contributed by atoms with Crippen molar-refractivity contribution in [1.29, 1.82) is 0 Å². The molecule has 0 spiro atoms. The summed E-state index contributed by atoms with van der Waals surface area (Å²) < 4.78 is 0. The Morgan fingerprint density at radius 2 is 1.30 bits per heavy atom. The van der Waals surface area contributed by atoms with Crippen molar-refractivity contribution in [3.05, 3.63) is 11.1 Å². The summed E-state index contributed by atoms with van der Waals surface area (Å²) in [5.41, 5.74) is 10.1. The van der Waals surface area contributed by atoms with E-state index in [0.29, 0.717) is 5.57 Å². The minimum Gasteiger partial charge on any atom is -0.365 e. The van der Waals surface area contributed by atoms with Crippen molar-refractivity contribution >= 4 is 11.8 Å². The number of primary amides is 2. The van der Waals surface area contributed by atoms with Gasteiger partial charge in [-0.3, -0.25) is 9.59 Å². The molecule has 0 fully saturated rings. The summed E-state index contributed by atoms with van der Waals surface area (Å²) in [6.07, 6.45) is 0. The second kappa shape index (κ2) is 3.00. The molecule has 0 aliphatic rings. The summed E-state index contributed by atoms with van der Waals surface area (Å²) in [5, 5.41) is 0. The lowest BCUT2D eigenvalue weighted by atomic mass is 10.1. The molecule has 0 unspecified atom stereocenters. The van der Waals surface area contributed by atoms with Crippen molar-refractivity contribution in [2.75, 3.05) is 0 Å². The van der Waals surface area contributed by atoms with Gasteiger partial charge in [-0.1, -0.05) is 5.57 Å². The van der Waals surface area contributed by atoms with Gasteiger partial charge in [-0.25, -0.2) is 0 Å². The first-order valence-corrected chi connectivity index (χ1v) is 2.74. The van der Waals surface area contributed by atoms with Crippen LogP contribution in [0.2, 0.25) is 0 Å². The number of nitrogens with two attached hydrogens (primary N) is 2. The monoisotopic (exact) mass is 142 g/mol. The lowest BCUT2D eigenvalue weighted by molar-refractivity contribution is -0.120. The van der Waals surface area contributed by atoms with Gasteiger partial charge in [-0.05, 0) is 13.8 Å². The Kier molecular flexibility index (Phi) is 2.61. The Labute approximate surface area is 58.9 Å². The van der Waals surface area contributed by atoms with Gasteiger partial charge in [0.05, 0.1) is 0 Å². The number of hydrogen-bond donors (Lipinski definition) is 2. The molecule has 56 valence electrons. The van der Waals surface area contributed by atoms with E-state index in [0.717, 1.165) is 0 Å². The van der Waals surface area contributed by atoms with Gasteiger partial charge in [-0.2, -0.15) is 0 Å². The third-order valence-corrected chi connectivity index (χ3v) is 0.993. The van der Waals surface area contributed by atoms with Gasteiger partial charge in [0, 0.05) is 0 Å². The lowest BCUT2D eigenvalue weighted by Gasteiger charge is -1.98. The molecule has 0 aromatic heterocycles. The van der Waals surface area contributed by atoms with Gasteiger partial charge in [0.2, 0.25) is 0 Å². The average Bonchev–Trinajstić information content (AvgIpc) is 1.59. The Morgan fingerprint density at radius 1 is 1.00 bits per heavy atom. The molecule has 4 N–H and O–H groups in total. The van der Waals surface area contributed by atoms with E-state index in [-0.39, 0.29) is 5.57 Å². The highest BCUT2D eigenvalue weighted by Crippen LogP contribution is 2.00. The van der Waals surface area contributed by atoms with Crippen LogP contribution in [-0.2, 0) is 9.59 Å². The average molecular weight is 142 g/mol. The number of allylic oxidation sites excluding steroid dienone is 1. The van der Waals surface area contributed by atoms with E-state index in [2.05, 4.69) is 0 Å². The van der Waals surface area contributed by atoms with Crippen LogP contribution in [0, 0.1) is 0 Å². The van der Waals surface area contributed by atoms with Crippen LogP contribution in [0.4, 0.5) is 0 Å². The maximum Gasteiger partial charge on any atom is 0.254 e. The normalized spacial score (nSPS) is 8.60. The topological polar surface area (TPSA) is 86.2 Å². The summed E-state index contributed by atoms with van der Waals surface area (Å²) in [4.78, 5) is 20.9. The van der Waals surface area contributed by atoms with E-state index < -0.39 is 11.8 Å². The van der Waals surface area contributed by atoms with Crippen LogP contribution in [-0.4, -0.2) is 11.8 Å². The fourth-order valence-corrected chi connectivity index (χ4v) is 0.614. The number of amides is 2. The molecule has 4 heteroatoms. The Balaban J connectivity index is 4.79. The standard InChI is InChI=1S/C6H10N2O2/c1-3(2)4(5(7)9)6(8)10/h1-2H3,(H2,7,9)(H2,8,10). The number of carbonyl (C=O) groups excluding carboxylic acids is 2. The number of rotatable bonds is 2. The zero-order valence-corrected chi connectivity index (χ0v) is 5.97. The van der Waals surface area contributed by atoms with Gasteiger partial charge < -0.3 is 11.5 Å². The maximum atomic E-state index is 10.4. The maximum absolute atomic E-state index is 10.4. The first-order chi connectivity index (χ1) is 4.46. The molecular weight excluding hydrogens is 132 g/mol. The number of carbonyl (C=O) groups is 2. The first-order valence-electron chi connectivity index (χ1n) is 2.74. The van der Waals surface area contributed by atoms with E-state index in [1.165, 1.54) is 0 Å². The highest BCUT2D eigenvalue weighted by Gasteiger charge is 2.12.